The predicted molar refractivity (Wildman–Crippen MR) is 231 cm³/mol. The van der Waals surface area contributed by atoms with Crippen LogP contribution in [0.4, 0.5) is 0 Å². The van der Waals surface area contributed by atoms with Gasteiger partial charge in [-0.3, -0.25) is 0 Å². The highest BCUT2D eigenvalue weighted by Gasteiger charge is 2.31. The van der Waals surface area contributed by atoms with Crippen LogP contribution in [0.5, 0.6) is 0 Å². The van der Waals surface area contributed by atoms with Crippen molar-refractivity contribution < 1.29 is 0 Å². The molecule has 252 valence electrons. The number of hydrogen-bond acceptors (Lipinski definition) is 1. The highest BCUT2D eigenvalue weighted by Crippen LogP contribution is 2.53. The van der Waals surface area contributed by atoms with Gasteiger partial charge in [-0.25, -0.2) is 0 Å². The zero-order valence-corrected chi connectivity index (χ0v) is 30.4. The fourth-order valence-electron chi connectivity index (χ4n) is 8.97. The fourth-order valence-corrected chi connectivity index (χ4v) is 10.2. The van der Waals surface area contributed by atoms with Crippen molar-refractivity contribution >= 4 is 54.9 Å². The second-order valence-corrected chi connectivity index (χ2v) is 15.4. The van der Waals surface area contributed by atoms with E-state index in [4.69, 9.17) is 0 Å². The van der Waals surface area contributed by atoms with E-state index in [0.29, 0.717) is 0 Å². The molecule has 1 aliphatic heterocycles. The Morgan fingerprint density at radius 1 is 0.296 bits per heavy atom. The van der Waals surface area contributed by atoms with E-state index in [9.17, 15) is 0 Å². The second kappa shape index (κ2) is 12.6. The lowest BCUT2D eigenvalue weighted by Gasteiger charge is -2.31. The molecule has 0 radical (unpaired) electrons. The standard InChI is InChI=1S/C53H34S/c1-3-15-37(16-4-1)49-45-22-12-11-21-43(45)44-30-27-40(33-46(44)50(49)38-17-5-2-6-18-38)34-23-25-39(26-24-34)51-52-41-19-9-7-13-35(41)28-31-47(52)54-48-32-29-36-14-8-10-20-42(36)53(48)51/h1-33,51H. The van der Waals surface area contributed by atoms with Crippen LogP contribution in [0.25, 0.3) is 76.5 Å². The summed E-state index contributed by atoms with van der Waals surface area (Å²) in [5, 5.41) is 10.3. The summed E-state index contributed by atoms with van der Waals surface area (Å²) >= 11 is 1.91. The highest BCUT2D eigenvalue weighted by atomic mass is 32.2. The SMILES string of the molecule is c1ccc(-c2c(-c3ccccc3)c3cc(-c4ccc(C5c6c(ccc7ccccc67)Sc6ccc7ccccc7c65)cc4)ccc3c3ccccc23)cc1. The Kier molecular flexibility index (Phi) is 7.28. The van der Waals surface area contributed by atoms with Crippen LogP contribution in [0, 0.1) is 0 Å². The molecule has 0 N–H and O–H groups in total. The summed E-state index contributed by atoms with van der Waals surface area (Å²) < 4.78 is 0. The van der Waals surface area contributed by atoms with Gasteiger partial charge in [0, 0.05) is 15.7 Å². The Balaban J connectivity index is 1.12. The summed E-state index contributed by atoms with van der Waals surface area (Å²) in [4.78, 5) is 2.69. The summed E-state index contributed by atoms with van der Waals surface area (Å²) in [6.07, 6.45) is 0. The second-order valence-electron chi connectivity index (χ2n) is 14.3. The van der Waals surface area contributed by atoms with Gasteiger partial charge in [-0.2, -0.15) is 0 Å². The molecule has 0 saturated carbocycles. The van der Waals surface area contributed by atoms with Crippen molar-refractivity contribution in [2.45, 2.75) is 15.7 Å². The molecule has 0 atom stereocenters. The normalized spacial score (nSPS) is 12.7. The van der Waals surface area contributed by atoms with Crippen molar-refractivity contribution in [1.82, 2.24) is 0 Å². The third kappa shape index (κ3) is 4.93. The summed E-state index contributed by atoms with van der Waals surface area (Å²) in [7, 11) is 0. The average molecular weight is 703 g/mol. The van der Waals surface area contributed by atoms with Gasteiger partial charge in [-0.15, -0.1) is 0 Å². The molecule has 1 aliphatic rings. The summed E-state index contributed by atoms with van der Waals surface area (Å²) in [6, 6.07) is 74.2. The van der Waals surface area contributed by atoms with Crippen molar-refractivity contribution in [3.63, 3.8) is 0 Å². The van der Waals surface area contributed by atoms with Crippen molar-refractivity contribution in [2.75, 3.05) is 0 Å². The lowest BCUT2D eigenvalue weighted by atomic mass is 9.80. The Labute approximate surface area is 319 Å². The molecule has 0 spiro atoms. The Bertz CT molecular complexity index is 2970. The van der Waals surface area contributed by atoms with Crippen molar-refractivity contribution in [2.24, 2.45) is 0 Å². The number of fused-ring (bicyclic) bond motifs is 9. The molecule has 1 heteroatoms. The van der Waals surface area contributed by atoms with Crippen molar-refractivity contribution in [3.05, 3.63) is 217 Å². The molecule has 0 unspecified atom stereocenters. The van der Waals surface area contributed by atoms with Crippen LogP contribution in [0.3, 0.4) is 0 Å². The largest absolute Gasteiger partial charge is 0.0894 e. The number of benzene rings is 10. The van der Waals surface area contributed by atoms with E-state index in [1.54, 1.807) is 0 Å². The van der Waals surface area contributed by atoms with E-state index < -0.39 is 0 Å². The van der Waals surface area contributed by atoms with E-state index >= 15 is 0 Å². The Morgan fingerprint density at radius 2 is 0.759 bits per heavy atom. The topological polar surface area (TPSA) is 0 Å². The first kappa shape index (κ1) is 31.1. The lowest BCUT2D eigenvalue weighted by molar-refractivity contribution is 0.926. The molecule has 0 aliphatic carbocycles. The summed E-state index contributed by atoms with van der Waals surface area (Å²) in [5.41, 5.74) is 11.6. The van der Waals surface area contributed by atoms with Gasteiger partial charge in [0.2, 0.25) is 0 Å². The van der Waals surface area contributed by atoms with E-state index in [0.717, 1.165) is 0 Å². The van der Waals surface area contributed by atoms with Crippen molar-refractivity contribution in [3.8, 4) is 33.4 Å². The van der Waals surface area contributed by atoms with Crippen LogP contribution in [0.2, 0.25) is 0 Å². The van der Waals surface area contributed by atoms with Gasteiger partial charge in [0.15, 0.2) is 0 Å². The Morgan fingerprint density at radius 3 is 1.35 bits per heavy atom. The fraction of sp³-hybridized carbons (Fsp3) is 0.0189. The first-order valence-corrected chi connectivity index (χ1v) is 19.5. The van der Waals surface area contributed by atoms with Crippen LogP contribution in [0.15, 0.2) is 210 Å². The van der Waals surface area contributed by atoms with Gasteiger partial charge in [0.05, 0.1) is 0 Å². The maximum atomic E-state index is 2.43. The minimum absolute atomic E-state index is 0.114. The monoisotopic (exact) mass is 702 g/mol. The summed E-state index contributed by atoms with van der Waals surface area (Å²) in [6.45, 7) is 0. The lowest BCUT2D eigenvalue weighted by Crippen LogP contribution is -2.11. The van der Waals surface area contributed by atoms with Gasteiger partial charge >= 0.3 is 0 Å². The smallest absolute Gasteiger partial charge is 0.0374 e. The quantitative estimate of drug-likeness (QED) is 0.165. The summed E-state index contributed by atoms with van der Waals surface area (Å²) in [5.74, 6) is 0.114. The third-order valence-corrected chi connectivity index (χ3v) is 12.5. The first-order valence-electron chi connectivity index (χ1n) is 18.7. The molecule has 0 aromatic heterocycles. The zero-order valence-electron chi connectivity index (χ0n) is 29.5. The Hall–Kier alpha value is -6.41. The minimum Gasteiger partial charge on any atom is -0.0894 e. The molecular formula is C53H34S. The molecule has 0 amide bonds. The maximum Gasteiger partial charge on any atom is 0.0374 e. The van der Waals surface area contributed by atoms with Crippen LogP contribution in [-0.4, -0.2) is 0 Å². The average Bonchev–Trinajstić information content (AvgIpc) is 3.25. The predicted octanol–water partition coefficient (Wildman–Crippen LogP) is 14.9. The van der Waals surface area contributed by atoms with E-state index in [1.807, 2.05) is 11.8 Å². The van der Waals surface area contributed by atoms with Gasteiger partial charge in [-0.1, -0.05) is 194 Å². The van der Waals surface area contributed by atoms with Crippen LogP contribution < -0.4 is 0 Å². The maximum absolute atomic E-state index is 2.43. The molecule has 54 heavy (non-hydrogen) atoms. The van der Waals surface area contributed by atoms with Gasteiger partial charge in [0.1, 0.15) is 0 Å². The van der Waals surface area contributed by atoms with E-state index in [1.165, 1.54) is 103 Å². The number of rotatable bonds is 4. The molecule has 0 bridgehead atoms. The molecule has 10 aromatic carbocycles. The highest BCUT2D eigenvalue weighted by molar-refractivity contribution is 7.99. The zero-order chi connectivity index (χ0) is 35.6. The number of hydrogen-bond donors (Lipinski definition) is 0. The minimum atomic E-state index is 0.114. The molecule has 0 saturated heterocycles. The van der Waals surface area contributed by atoms with Gasteiger partial charge in [0.25, 0.3) is 0 Å². The van der Waals surface area contributed by atoms with Crippen LogP contribution >= 0.6 is 11.8 Å². The first-order chi connectivity index (χ1) is 26.8. The van der Waals surface area contributed by atoms with E-state index in [2.05, 4.69) is 200 Å². The van der Waals surface area contributed by atoms with E-state index in [-0.39, 0.29) is 5.92 Å². The van der Waals surface area contributed by atoms with Gasteiger partial charge < -0.3 is 0 Å². The molecule has 10 aromatic rings. The van der Waals surface area contributed by atoms with Gasteiger partial charge in [-0.05, 0) is 111 Å². The third-order valence-electron chi connectivity index (χ3n) is 11.4. The molecular weight excluding hydrogens is 669 g/mol. The van der Waals surface area contributed by atoms with Crippen LogP contribution in [-0.2, 0) is 0 Å². The van der Waals surface area contributed by atoms with Crippen LogP contribution in [0.1, 0.15) is 22.6 Å². The molecule has 1 heterocycles. The molecule has 11 rings (SSSR count). The van der Waals surface area contributed by atoms with Crippen molar-refractivity contribution in [1.29, 1.82) is 0 Å². The molecule has 0 nitrogen and oxygen atoms in total. The molecule has 0 fully saturated rings.